The summed E-state index contributed by atoms with van der Waals surface area (Å²) in [6, 6.07) is 3.51. The normalized spacial score (nSPS) is 11.3. The summed E-state index contributed by atoms with van der Waals surface area (Å²) < 4.78 is 37.8. The van der Waals surface area contributed by atoms with E-state index in [0.29, 0.717) is 0 Å². The highest BCUT2D eigenvalue weighted by Gasteiger charge is 2.11. The Morgan fingerprint density at radius 1 is 1.46 bits per heavy atom. The molecule has 13 heavy (non-hydrogen) atoms. The Labute approximate surface area is 79.3 Å². The van der Waals surface area contributed by atoms with E-state index in [1.807, 2.05) is 0 Å². The fourth-order valence-corrected chi connectivity index (χ4v) is 1.27. The number of hydrogen-bond donors (Lipinski definition) is 1. The highest BCUT2D eigenvalue weighted by molar-refractivity contribution is 7.84. The van der Waals surface area contributed by atoms with Gasteiger partial charge in [-0.2, -0.15) is 13.6 Å². The van der Waals surface area contributed by atoms with Gasteiger partial charge in [0.15, 0.2) is 5.75 Å². The third-order valence-corrected chi connectivity index (χ3v) is 1.90. The summed E-state index contributed by atoms with van der Waals surface area (Å²) in [5.41, 5.74) is 0. The summed E-state index contributed by atoms with van der Waals surface area (Å²) in [5, 5.41) is 4.14. The Morgan fingerprint density at radius 3 is 2.62 bits per heavy atom. The quantitative estimate of drug-likeness (QED) is 0.818. The molecule has 0 bridgehead atoms. The lowest BCUT2D eigenvalue weighted by atomic mass is 10.3. The van der Waals surface area contributed by atoms with Crippen molar-refractivity contribution in [2.75, 3.05) is 0 Å². The molecule has 0 aliphatic heterocycles. The molecule has 0 amide bonds. The summed E-state index contributed by atoms with van der Waals surface area (Å²) in [6.07, 6.45) is 0. The Hall–Kier alpha value is -0.850. The lowest BCUT2D eigenvalue weighted by Gasteiger charge is -2.03. The smallest absolute Gasteiger partial charge is 0.369 e. The molecule has 4 nitrogen and oxygen atoms in total. The zero-order valence-corrected chi connectivity index (χ0v) is 7.77. The van der Waals surface area contributed by atoms with Crippen molar-refractivity contribution >= 4 is 21.9 Å². The van der Waals surface area contributed by atoms with Gasteiger partial charge in [-0.1, -0.05) is 17.7 Å². The molecule has 0 aliphatic carbocycles. The summed E-state index contributed by atoms with van der Waals surface area (Å²) in [6.45, 7) is 0. The van der Waals surface area contributed by atoms with Gasteiger partial charge in [-0.05, 0) is 12.1 Å². The molecule has 1 rings (SSSR count). The molecule has 72 valence electrons. The minimum absolute atomic E-state index is 0.329. The minimum Gasteiger partial charge on any atom is -0.369 e. The molecule has 1 aromatic carbocycles. The second-order valence-electron chi connectivity index (χ2n) is 2.13. The molecule has 0 radical (unpaired) electrons. The SMILES string of the molecule is NS(=O)(=O)Oc1cccc(F)c1Cl. The van der Waals surface area contributed by atoms with Crippen LogP contribution in [0.2, 0.25) is 5.02 Å². The molecular weight excluding hydrogens is 221 g/mol. The fourth-order valence-electron chi connectivity index (χ4n) is 0.674. The van der Waals surface area contributed by atoms with Crippen LogP contribution in [0.3, 0.4) is 0 Å². The summed E-state index contributed by atoms with van der Waals surface area (Å²) in [5.74, 6) is -1.10. The zero-order valence-electron chi connectivity index (χ0n) is 6.20. The van der Waals surface area contributed by atoms with E-state index < -0.39 is 21.1 Å². The molecule has 0 heterocycles. The van der Waals surface area contributed by atoms with Gasteiger partial charge in [-0.15, -0.1) is 0 Å². The molecule has 1 aromatic rings. The van der Waals surface area contributed by atoms with Crippen LogP contribution in [-0.4, -0.2) is 8.42 Å². The summed E-state index contributed by atoms with van der Waals surface area (Å²) >= 11 is 5.38. The number of rotatable bonds is 2. The molecule has 0 saturated heterocycles. The van der Waals surface area contributed by atoms with Gasteiger partial charge in [0.2, 0.25) is 0 Å². The van der Waals surface area contributed by atoms with Crippen molar-refractivity contribution < 1.29 is 17.0 Å². The van der Waals surface area contributed by atoms with Gasteiger partial charge in [0.1, 0.15) is 10.8 Å². The summed E-state index contributed by atoms with van der Waals surface area (Å²) in [4.78, 5) is 0. The van der Waals surface area contributed by atoms with E-state index in [1.165, 1.54) is 12.1 Å². The Kier molecular flexibility index (Phi) is 2.74. The first-order valence-electron chi connectivity index (χ1n) is 3.06. The van der Waals surface area contributed by atoms with Gasteiger partial charge in [-0.3, -0.25) is 0 Å². The van der Waals surface area contributed by atoms with Crippen LogP contribution in [0.15, 0.2) is 18.2 Å². The van der Waals surface area contributed by atoms with Crippen LogP contribution >= 0.6 is 11.6 Å². The van der Waals surface area contributed by atoms with Gasteiger partial charge in [0.05, 0.1) is 0 Å². The maximum atomic E-state index is 12.7. The molecule has 7 heteroatoms. The van der Waals surface area contributed by atoms with E-state index in [1.54, 1.807) is 0 Å². The van der Waals surface area contributed by atoms with Crippen molar-refractivity contribution in [3.05, 3.63) is 29.0 Å². The highest BCUT2D eigenvalue weighted by Crippen LogP contribution is 2.27. The zero-order chi connectivity index (χ0) is 10.1. The van der Waals surface area contributed by atoms with Crippen LogP contribution in [0, 0.1) is 5.82 Å². The van der Waals surface area contributed by atoms with E-state index in [9.17, 15) is 12.8 Å². The first-order valence-corrected chi connectivity index (χ1v) is 4.91. The molecule has 0 aliphatic rings. The Balaban J connectivity index is 3.10. The largest absolute Gasteiger partial charge is 0.380 e. The number of hydrogen-bond acceptors (Lipinski definition) is 3. The van der Waals surface area contributed by atoms with Gasteiger partial charge in [0.25, 0.3) is 0 Å². The van der Waals surface area contributed by atoms with Crippen molar-refractivity contribution in [1.29, 1.82) is 0 Å². The molecule has 0 saturated carbocycles. The van der Waals surface area contributed by atoms with Crippen LogP contribution in [0.4, 0.5) is 4.39 Å². The van der Waals surface area contributed by atoms with Crippen molar-refractivity contribution in [2.24, 2.45) is 5.14 Å². The van der Waals surface area contributed by atoms with E-state index >= 15 is 0 Å². The number of halogens is 2. The van der Waals surface area contributed by atoms with Crippen molar-refractivity contribution in [3.63, 3.8) is 0 Å². The van der Waals surface area contributed by atoms with Crippen LogP contribution in [-0.2, 0) is 10.3 Å². The highest BCUT2D eigenvalue weighted by atomic mass is 35.5. The first kappa shape index (κ1) is 10.2. The second kappa shape index (κ2) is 3.49. The Bertz CT molecular complexity index is 420. The van der Waals surface area contributed by atoms with Crippen molar-refractivity contribution in [3.8, 4) is 5.75 Å². The van der Waals surface area contributed by atoms with E-state index in [2.05, 4.69) is 9.32 Å². The molecule has 0 unspecified atom stereocenters. The minimum atomic E-state index is -4.17. The molecule has 0 spiro atoms. The average Bonchev–Trinajstić information content (AvgIpc) is 1.96. The first-order chi connectivity index (χ1) is 5.90. The molecule has 0 fully saturated rings. The van der Waals surface area contributed by atoms with Gasteiger partial charge < -0.3 is 4.18 Å². The van der Waals surface area contributed by atoms with Crippen molar-refractivity contribution in [1.82, 2.24) is 0 Å². The van der Waals surface area contributed by atoms with Crippen LogP contribution in [0.1, 0.15) is 0 Å². The van der Waals surface area contributed by atoms with Crippen LogP contribution in [0.5, 0.6) is 5.75 Å². The fraction of sp³-hybridized carbons (Fsp3) is 0. The molecule has 0 aromatic heterocycles. The standard InChI is InChI=1S/C6H5ClFNO3S/c7-6-4(8)2-1-3-5(6)12-13(9,10)11/h1-3H,(H2,9,10,11). The van der Waals surface area contributed by atoms with Gasteiger partial charge in [-0.25, -0.2) is 4.39 Å². The van der Waals surface area contributed by atoms with Gasteiger partial charge in [0, 0.05) is 0 Å². The van der Waals surface area contributed by atoms with E-state index in [0.717, 1.165) is 6.07 Å². The third-order valence-electron chi connectivity index (χ3n) is 1.12. The van der Waals surface area contributed by atoms with Crippen LogP contribution in [0.25, 0.3) is 0 Å². The molecule has 2 N–H and O–H groups in total. The maximum Gasteiger partial charge on any atom is 0.380 e. The Morgan fingerprint density at radius 2 is 2.08 bits per heavy atom. The predicted molar refractivity (Wildman–Crippen MR) is 45.1 cm³/mol. The topological polar surface area (TPSA) is 69.4 Å². The molecule has 0 atom stereocenters. The summed E-state index contributed by atoms with van der Waals surface area (Å²) in [7, 11) is -4.17. The van der Waals surface area contributed by atoms with E-state index in [4.69, 9.17) is 11.6 Å². The number of benzene rings is 1. The lowest BCUT2D eigenvalue weighted by molar-refractivity contribution is 0.485. The monoisotopic (exact) mass is 225 g/mol. The van der Waals surface area contributed by atoms with E-state index in [-0.39, 0.29) is 5.75 Å². The maximum absolute atomic E-state index is 12.7. The number of nitrogens with two attached hydrogens (primary N) is 1. The van der Waals surface area contributed by atoms with Crippen LogP contribution < -0.4 is 9.32 Å². The lowest BCUT2D eigenvalue weighted by Crippen LogP contribution is -2.19. The molecular formula is C6H5ClFNO3S. The predicted octanol–water partition coefficient (Wildman–Crippen LogP) is 1.06. The average molecular weight is 226 g/mol. The van der Waals surface area contributed by atoms with Gasteiger partial charge >= 0.3 is 10.3 Å². The third kappa shape index (κ3) is 2.83. The second-order valence-corrected chi connectivity index (χ2v) is 3.66. The van der Waals surface area contributed by atoms with Crippen molar-refractivity contribution in [2.45, 2.75) is 0 Å².